The topological polar surface area (TPSA) is 29.9 Å². The highest BCUT2D eigenvalue weighted by Crippen LogP contribution is 2.21. The molecule has 0 saturated carbocycles. The molecule has 0 radical (unpaired) electrons. The van der Waals surface area contributed by atoms with Crippen LogP contribution in [0, 0.1) is 24.2 Å². The summed E-state index contributed by atoms with van der Waals surface area (Å²) in [6.45, 7) is 5.83. The van der Waals surface area contributed by atoms with Crippen LogP contribution in [0.15, 0.2) is 42.6 Å². The minimum absolute atomic E-state index is 0.559. The van der Waals surface area contributed by atoms with Gasteiger partial charge in [-0.2, -0.15) is 0 Å². The van der Waals surface area contributed by atoms with Crippen LogP contribution in [0.4, 0.5) is 5.69 Å². The van der Waals surface area contributed by atoms with Crippen molar-refractivity contribution in [3.8, 4) is 24.2 Å². The van der Waals surface area contributed by atoms with E-state index in [0.717, 1.165) is 30.8 Å². The number of rotatable bonds is 5. The first-order valence-electron chi connectivity index (χ1n) is 9.02. The molecule has 0 atom stereocenters. The van der Waals surface area contributed by atoms with Gasteiger partial charge in [-0.1, -0.05) is 31.3 Å². The highest BCUT2D eigenvalue weighted by atomic mass is 15.0. The number of hydrogen-bond acceptors (Lipinski definition) is 2. The molecule has 1 aromatic carbocycles. The maximum absolute atomic E-state index is 5.31. The van der Waals surface area contributed by atoms with Crippen molar-refractivity contribution < 1.29 is 0 Å². The van der Waals surface area contributed by atoms with Crippen LogP contribution < -0.4 is 5.32 Å². The molecule has 0 amide bonds. The van der Waals surface area contributed by atoms with Crippen LogP contribution in [0.1, 0.15) is 37.2 Å². The number of hydrogen-bond donors (Lipinski definition) is 1. The zero-order valence-corrected chi connectivity index (χ0v) is 15.3. The predicted octanol–water partition coefficient (Wildman–Crippen LogP) is 4.45. The van der Waals surface area contributed by atoms with E-state index >= 15 is 0 Å². The van der Waals surface area contributed by atoms with Gasteiger partial charge in [-0.15, -0.1) is 6.42 Å². The Morgan fingerprint density at radius 3 is 2.73 bits per heavy atom. The third-order valence-electron chi connectivity index (χ3n) is 4.33. The molecule has 0 unspecified atom stereocenters. The van der Waals surface area contributed by atoms with E-state index < -0.39 is 0 Å². The fourth-order valence-electron chi connectivity index (χ4n) is 3.07. The molecule has 0 aliphatic carbocycles. The summed E-state index contributed by atoms with van der Waals surface area (Å²) in [5.74, 6) is 9.01. The van der Waals surface area contributed by atoms with Crippen molar-refractivity contribution in [2.75, 3.05) is 11.9 Å². The fraction of sp³-hybridized carbons (Fsp3) is 0.261. The van der Waals surface area contributed by atoms with E-state index in [1.807, 2.05) is 12.1 Å². The summed E-state index contributed by atoms with van der Waals surface area (Å²) in [6, 6.07) is 12.7. The van der Waals surface area contributed by atoms with E-state index in [9.17, 15) is 0 Å². The van der Waals surface area contributed by atoms with Crippen molar-refractivity contribution >= 4 is 16.6 Å². The number of benzene rings is 1. The van der Waals surface area contributed by atoms with Crippen molar-refractivity contribution in [2.45, 2.75) is 33.2 Å². The minimum atomic E-state index is 0.559. The van der Waals surface area contributed by atoms with Gasteiger partial charge in [0.05, 0.1) is 24.1 Å². The molecule has 3 aromatic rings. The molecule has 2 heterocycles. The van der Waals surface area contributed by atoms with Gasteiger partial charge in [0.1, 0.15) is 5.69 Å². The van der Waals surface area contributed by atoms with Crippen LogP contribution in [0.5, 0.6) is 0 Å². The first-order chi connectivity index (χ1) is 12.7. The summed E-state index contributed by atoms with van der Waals surface area (Å²) in [6.07, 6.45) is 9.32. The second kappa shape index (κ2) is 8.28. The molecule has 0 fully saturated rings. The molecule has 3 heteroatoms. The average molecular weight is 341 g/mol. The monoisotopic (exact) mass is 341 g/mol. The molecule has 3 nitrogen and oxygen atoms in total. The first kappa shape index (κ1) is 17.6. The fourth-order valence-corrected chi connectivity index (χ4v) is 3.07. The van der Waals surface area contributed by atoms with Crippen molar-refractivity contribution in [1.29, 1.82) is 0 Å². The van der Waals surface area contributed by atoms with Gasteiger partial charge >= 0.3 is 0 Å². The molecule has 0 aliphatic rings. The number of nitrogens with one attached hydrogen (secondary N) is 1. The Hall–Kier alpha value is -3.17. The molecule has 130 valence electrons. The second-order valence-electron chi connectivity index (χ2n) is 6.15. The highest BCUT2D eigenvalue weighted by molar-refractivity contribution is 5.83. The van der Waals surface area contributed by atoms with Crippen molar-refractivity contribution in [2.24, 2.45) is 0 Å². The average Bonchev–Trinajstić information content (AvgIpc) is 3.02. The molecule has 26 heavy (non-hydrogen) atoms. The van der Waals surface area contributed by atoms with Gasteiger partial charge in [0, 0.05) is 17.4 Å². The molecule has 0 bridgehead atoms. The predicted molar refractivity (Wildman–Crippen MR) is 109 cm³/mol. The minimum Gasteiger partial charge on any atom is -0.373 e. The van der Waals surface area contributed by atoms with Gasteiger partial charge in [-0.25, -0.2) is 4.98 Å². The van der Waals surface area contributed by atoms with E-state index in [1.54, 1.807) is 6.20 Å². The number of aryl methyl sites for hydroxylation is 2. The molecular formula is C23H23N3. The molecule has 1 N–H and O–H groups in total. The van der Waals surface area contributed by atoms with Crippen molar-refractivity contribution in [3.05, 3.63) is 59.5 Å². The largest absolute Gasteiger partial charge is 0.373 e. The van der Waals surface area contributed by atoms with Crippen LogP contribution >= 0.6 is 0 Å². The van der Waals surface area contributed by atoms with Crippen LogP contribution in [0.3, 0.4) is 0 Å². The molecule has 0 saturated heterocycles. The van der Waals surface area contributed by atoms with Crippen LogP contribution in [-0.2, 0) is 13.0 Å². The lowest BCUT2D eigenvalue weighted by atomic mass is 10.1. The molecule has 0 spiro atoms. The lowest BCUT2D eigenvalue weighted by molar-refractivity contribution is 0.787. The quantitative estimate of drug-likeness (QED) is 0.695. The summed E-state index contributed by atoms with van der Waals surface area (Å²) in [4.78, 5) is 4.16. The van der Waals surface area contributed by atoms with E-state index in [1.165, 1.54) is 16.5 Å². The van der Waals surface area contributed by atoms with E-state index in [-0.39, 0.29) is 0 Å². The van der Waals surface area contributed by atoms with Gasteiger partial charge in [0.25, 0.3) is 0 Å². The van der Waals surface area contributed by atoms with E-state index in [4.69, 9.17) is 6.42 Å². The van der Waals surface area contributed by atoms with Crippen molar-refractivity contribution in [3.63, 3.8) is 0 Å². The number of aromatic nitrogens is 2. The number of pyridine rings is 1. The number of nitrogens with zero attached hydrogens (tertiary/aromatic N) is 2. The van der Waals surface area contributed by atoms with Gasteiger partial charge in [0.2, 0.25) is 0 Å². The standard InChI is InChI=1S/C23H23N3/c1-4-8-18-10-13-23-19(15-18)16-22(26(23)6-3)9-7-14-24-21-12-11-20(5-2)25-17-21/h2,10-13,15-17,24H,4,6,8,14H2,1,3H3. The molecule has 0 aliphatic heterocycles. The summed E-state index contributed by atoms with van der Waals surface area (Å²) in [5.41, 5.74) is 5.24. The van der Waals surface area contributed by atoms with Crippen LogP contribution in [0.2, 0.25) is 0 Å². The molecule has 3 rings (SSSR count). The Morgan fingerprint density at radius 2 is 2.04 bits per heavy atom. The van der Waals surface area contributed by atoms with Gasteiger partial charge in [-0.3, -0.25) is 0 Å². The highest BCUT2D eigenvalue weighted by Gasteiger charge is 2.06. The lowest BCUT2D eigenvalue weighted by Crippen LogP contribution is -2.00. The number of fused-ring (bicyclic) bond motifs is 1. The zero-order valence-electron chi connectivity index (χ0n) is 15.3. The maximum atomic E-state index is 5.31. The van der Waals surface area contributed by atoms with Crippen molar-refractivity contribution in [1.82, 2.24) is 9.55 Å². The molecule has 2 aromatic heterocycles. The SMILES string of the molecule is C#Cc1ccc(NCC#Cc2cc3cc(CCC)ccc3n2CC)cn1. The normalized spacial score (nSPS) is 10.2. The second-order valence-corrected chi connectivity index (χ2v) is 6.15. The van der Waals surface area contributed by atoms with E-state index in [0.29, 0.717) is 12.2 Å². The van der Waals surface area contributed by atoms with E-state index in [2.05, 4.69) is 70.7 Å². The zero-order chi connectivity index (χ0) is 18.4. The molecular weight excluding hydrogens is 318 g/mol. The first-order valence-corrected chi connectivity index (χ1v) is 9.02. The third-order valence-corrected chi connectivity index (χ3v) is 4.33. The number of terminal acetylenes is 1. The third kappa shape index (κ3) is 3.90. The summed E-state index contributed by atoms with van der Waals surface area (Å²) in [7, 11) is 0. The summed E-state index contributed by atoms with van der Waals surface area (Å²) in [5, 5.41) is 4.52. The van der Waals surface area contributed by atoms with Crippen LogP contribution in [-0.4, -0.2) is 16.1 Å². The maximum Gasteiger partial charge on any atom is 0.113 e. The Kier molecular flexibility index (Phi) is 5.62. The Balaban J connectivity index is 1.75. The lowest BCUT2D eigenvalue weighted by Gasteiger charge is -2.04. The summed E-state index contributed by atoms with van der Waals surface area (Å²) >= 11 is 0. The van der Waals surface area contributed by atoms with Gasteiger partial charge in [0.15, 0.2) is 0 Å². The smallest absolute Gasteiger partial charge is 0.113 e. The Bertz CT molecular complexity index is 992. The van der Waals surface area contributed by atoms with Gasteiger partial charge < -0.3 is 9.88 Å². The Morgan fingerprint density at radius 1 is 1.15 bits per heavy atom. The van der Waals surface area contributed by atoms with Gasteiger partial charge in [-0.05, 0) is 55.2 Å². The number of anilines is 1. The Labute approximate surface area is 155 Å². The summed E-state index contributed by atoms with van der Waals surface area (Å²) < 4.78 is 2.27. The van der Waals surface area contributed by atoms with Crippen LogP contribution in [0.25, 0.3) is 10.9 Å².